The second-order valence-corrected chi connectivity index (χ2v) is 4.68. The van der Waals surface area contributed by atoms with Crippen LogP contribution in [0.5, 0.6) is 0 Å². The monoisotopic (exact) mass is 258 g/mol. The Balaban J connectivity index is 1.86. The zero-order chi connectivity index (χ0) is 13.7. The van der Waals surface area contributed by atoms with Crippen molar-refractivity contribution in [3.63, 3.8) is 0 Å². The summed E-state index contributed by atoms with van der Waals surface area (Å²) in [6.07, 6.45) is 2.16. The summed E-state index contributed by atoms with van der Waals surface area (Å²) in [4.78, 5) is 0. The summed E-state index contributed by atoms with van der Waals surface area (Å²) in [6, 6.07) is 10.5. The quantitative estimate of drug-likeness (QED) is 0.783. The molecule has 0 spiro atoms. The van der Waals surface area contributed by atoms with Crippen LogP contribution in [0, 0.1) is 6.92 Å². The normalized spacial score (nSPS) is 10.6. The molecule has 102 valence electrons. The molecule has 0 saturated carbocycles. The standard InChI is InChI=1S/C15H22N4/c1-3-19-15(14(16)12(2)18-19)17-11-7-10-13-8-5-4-6-9-13/h4-6,8-9,17H,3,7,10-11,16H2,1-2H3. The van der Waals surface area contributed by atoms with Gasteiger partial charge in [-0.1, -0.05) is 30.3 Å². The van der Waals surface area contributed by atoms with Crippen molar-refractivity contribution >= 4 is 11.5 Å². The average Bonchev–Trinajstić information content (AvgIpc) is 2.72. The van der Waals surface area contributed by atoms with E-state index in [-0.39, 0.29) is 0 Å². The van der Waals surface area contributed by atoms with Crippen LogP contribution in [0.4, 0.5) is 11.5 Å². The van der Waals surface area contributed by atoms with E-state index in [0.717, 1.165) is 43.1 Å². The van der Waals surface area contributed by atoms with Crippen LogP contribution in [0.25, 0.3) is 0 Å². The minimum Gasteiger partial charge on any atom is -0.394 e. The number of hydrogen-bond acceptors (Lipinski definition) is 3. The lowest BCUT2D eigenvalue weighted by atomic mass is 10.1. The first kappa shape index (κ1) is 13.5. The highest BCUT2D eigenvalue weighted by Gasteiger charge is 2.10. The third kappa shape index (κ3) is 3.28. The molecule has 0 atom stereocenters. The average molecular weight is 258 g/mol. The molecule has 0 aliphatic rings. The van der Waals surface area contributed by atoms with Gasteiger partial charge in [0.05, 0.1) is 11.4 Å². The highest BCUT2D eigenvalue weighted by atomic mass is 15.3. The van der Waals surface area contributed by atoms with Crippen LogP contribution in [0.3, 0.4) is 0 Å². The van der Waals surface area contributed by atoms with Crippen LogP contribution in [0.15, 0.2) is 30.3 Å². The molecule has 19 heavy (non-hydrogen) atoms. The number of nitrogen functional groups attached to an aromatic ring is 1. The number of benzene rings is 1. The van der Waals surface area contributed by atoms with Gasteiger partial charge < -0.3 is 11.1 Å². The minimum absolute atomic E-state index is 0.765. The van der Waals surface area contributed by atoms with Gasteiger partial charge in [0.15, 0.2) is 0 Å². The maximum Gasteiger partial charge on any atom is 0.148 e. The molecule has 1 aromatic heterocycles. The zero-order valence-electron chi connectivity index (χ0n) is 11.7. The van der Waals surface area contributed by atoms with Crippen LogP contribution in [0.1, 0.15) is 24.6 Å². The molecular formula is C15H22N4. The first-order valence-corrected chi connectivity index (χ1v) is 6.83. The van der Waals surface area contributed by atoms with E-state index >= 15 is 0 Å². The molecule has 0 saturated heterocycles. The number of anilines is 2. The van der Waals surface area contributed by atoms with Gasteiger partial charge in [-0.3, -0.25) is 0 Å². The fourth-order valence-electron chi connectivity index (χ4n) is 2.15. The SMILES string of the molecule is CCn1nc(C)c(N)c1NCCCc1ccccc1. The maximum atomic E-state index is 6.03. The Morgan fingerprint density at radius 3 is 2.68 bits per heavy atom. The lowest BCUT2D eigenvalue weighted by molar-refractivity contribution is 0.656. The van der Waals surface area contributed by atoms with E-state index < -0.39 is 0 Å². The molecule has 0 unspecified atom stereocenters. The first-order valence-electron chi connectivity index (χ1n) is 6.83. The van der Waals surface area contributed by atoms with Gasteiger partial charge in [0, 0.05) is 13.1 Å². The Hall–Kier alpha value is -1.97. The van der Waals surface area contributed by atoms with Gasteiger partial charge in [0.25, 0.3) is 0 Å². The Labute approximate surface area is 114 Å². The van der Waals surface area contributed by atoms with Crippen molar-refractivity contribution < 1.29 is 0 Å². The number of nitrogens with zero attached hydrogens (tertiary/aromatic N) is 2. The van der Waals surface area contributed by atoms with Crippen molar-refractivity contribution in [2.24, 2.45) is 0 Å². The molecule has 0 amide bonds. The molecule has 0 aliphatic carbocycles. The van der Waals surface area contributed by atoms with Crippen molar-refractivity contribution in [3.8, 4) is 0 Å². The third-order valence-electron chi connectivity index (χ3n) is 3.25. The molecule has 0 aliphatic heterocycles. The molecule has 3 N–H and O–H groups in total. The number of nitrogens with two attached hydrogens (primary N) is 1. The van der Waals surface area contributed by atoms with E-state index in [4.69, 9.17) is 5.73 Å². The summed E-state index contributed by atoms with van der Waals surface area (Å²) in [5.74, 6) is 0.952. The lowest BCUT2D eigenvalue weighted by Crippen LogP contribution is -2.10. The molecule has 2 aromatic rings. The van der Waals surface area contributed by atoms with Crippen LogP contribution in [-0.2, 0) is 13.0 Å². The number of aromatic nitrogens is 2. The first-order chi connectivity index (χ1) is 9.22. The molecule has 0 radical (unpaired) electrons. The predicted molar refractivity (Wildman–Crippen MR) is 80.3 cm³/mol. The second kappa shape index (κ2) is 6.27. The summed E-state index contributed by atoms with van der Waals surface area (Å²) in [6.45, 7) is 5.75. The summed E-state index contributed by atoms with van der Waals surface area (Å²) >= 11 is 0. The van der Waals surface area contributed by atoms with Crippen molar-refractivity contribution in [3.05, 3.63) is 41.6 Å². The number of rotatable bonds is 6. The highest BCUT2D eigenvalue weighted by Crippen LogP contribution is 2.21. The molecule has 1 aromatic carbocycles. The van der Waals surface area contributed by atoms with E-state index in [1.807, 2.05) is 17.7 Å². The molecule has 2 rings (SSSR count). The Bertz CT molecular complexity index is 516. The third-order valence-corrected chi connectivity index (χ3v) is 3.25. The second-order valence-electron chi connectivity index (χ2n) is 4.68. The molecule has 4 heteroatoms. The van der Waals surface area contributed by atoms with Gasteiger partial charge in [-0.05, 0) is 32.3 Å². The minimum atomic E-state index is 0.765. The van der Waals surface area contributed by atoms with Crippen LogP contribution < -0.4 is 11.1 Å². The van der Waals surface area contributed by atoms with Crippen LogP contribution >= 0.6 is 0 Å². The molecule has 4 nitrogen and oxygen atoms in total. The van der Waals surface area contributed by atoms with E-state index in [1.165, 1.54) is 5.56 Å². The van der Waals surface area contributed by atoms with E-state index in [0.29, 0.717) is 0 Å². The molecular weight excluding hydrogens is 236 g/mol. The predicted octanol–water partition coefficient (Wildman–Crippen LogP) is 2.84. The van der Waals surface area contributed by atoms with Crippen molar-refractivity contribution in [2.45, 2.75) is 33.2 Å². The zero-order valence-corrected chi connectivity index (χ0v) is 11.7. The van der Waals surface area contributed by atoms with Crippen molar-refractivity contribution in [1.82, 2.24) is 9.78 Å². The van der Waals surface area contributed by atoms with Gasteiger partial charge in [0.2, 0.25) is 0 Å². The van der Waals surface area contributed by atoms with E-state index in [9.17, 15) is 0 Å². The summed E-state index contributed by atoms with van der Waals surface area (Å²) in [5, 5.41) is 7.79. The largest absolute Gasteiger partial charge is 0.394 e. The van der Waals surface area contributed by atoms with Gasteiger partial charge in [0.1, 0.15) is 5.82 Å². The summed E-state index contributed by atoms with van der Waals surface area (Å²) in [5.41, 5.74) is 9.06. The fourth-order valence-corrected chi connectivity index (χ4v) is 2.15. The van der Waals surface area contributed by atoms with E-state index in [1.54, 1.807) is 0 Å². The molecule has 0 bridgehead atoms. The van der Waals surface area contributed by atoms with Crippen molar-refractivity contribution in [1.29, 1.82) is 0 Å². The van der Waals surface area contributed by atoms with Gasteiger partial charge in [-0.2, -0.15) is 5.10 Å². The maximum absolute atomic E-state index is 6.03. The lowest BCUT2D eigenvalue weighted by Gasteiger charge is -2.09. The fraction of sp³-hybridized carbons (Fsp3) is 0.400. The topological polar surface area (TPSA) is 55.9 Å². The highest BCUT2D eigenvalue weighted by molar-refractivity contribution is 5.64. The Morgan fingerprint density at radius 2 is 2.00 bits per heavy atom. The number of hydrogen-bond donors (Lipinski definition) is 2. The molecule has 1 heterocycles. The summed E-state index contributed by atoms with van der Waals surface area (Å²) < 4.78 is 1.92. The Kier molecular flexibility index (Phi) is 4.44. The van der Waals surface area contributed by atoms with E-state index in [2.05, 4.69) is 41.6 Å². The van der Waals surface area contributed by atoms with Gasteiger partial charge in [-0.15, -0.1) is 0 Å². The van der Waals surface area contributed by atoms with Crippen LogP contribution in [0.2, 0.25) is 0 Å². The molecule has 0 fully saturated rings. The number of nitrogens with one attached hydrogen (secondary N) is 1. The summed E-state index contributed by atoms with van der Waals surface area (Å²) in [7, 11) is 0. The smallest absolute Gasteiger partial charge is 0.148 e. The number of aryl methyl sites for hydroxylation is 3. The van der Waals surface area contributed by atoms with Crippen molar-refractivity contribution in [2.75, 3.05) is 17.6 Å². The van der Waals surface area contributed by atoms with Crippen LogP contribution in [-0.4, -0.2) is 16.3 Å². The van der Waals surface area contributed by atoms with Gasteiger partial charge >= 0.3 is 0 Å². The van der Waals surface area contributed by atoms with Gasteiger partial charge in [-0.25, -0.2) is 4.68 Å². The Morgan fingerprint density at radius 1 is 1.26 bits per heavy atom.